The maximum Gasteiger partial charge on any atom is 0.573 e. The van der Waals surface area contributed by atoms with Gasteiger partial charge in [-0.05, 0) is 37.7 Å². The highest BCUT2D eigenvalue weighted by molar-refractivity contribution is 5.92. The number of nitrogens with one attached hydrogen (secondary N) is 1. The summed E-state index contributed by atoms with van der Waals surface area (Å²) in [5, 5.41) is 6.83. The molecule has 1 fully saturated rings. The van der Waals surface area contributed by atoms with Crippen molar-refractivity contribution in [2.24, 2.45) is 0 Å². The van der Waals surface area contributed by atoms with Crippen molar-refractivity contribution in [1.82, 2.24) is 30.3 Å². The number of hydrogen-bond acceptors (Lipinski definition) is 8. The lowest BCUT2D eigenvalue weighted by atomic mass is 10.1. The maximum absolute atomic E-state index is 12.3. The summed E-state index contributed by atoms with van der Waals surface area (Å²) in [5.41, 5.74) is 0.712. The number of aromatic nitrogens is 4. The van der Waals surface area contributed by atoms with Crippen LogP contribution in [0.3, 0.4) is 0 Å². The lowest BCUT2D eigenvalue weighted by Crippen LogP contribution is -2.36. The van der Waals surface area contributed by atoms with Crippen molar-refractivity contribution >= 4 is 5.91 Å². The zero-order valence-electron chi connectivity index (χ0n) is 16.2. The molecule has 1 N–H and O–H groups in total. The van der Waals surface area contributed by atoms with E-state index < -0.39 is 6.36 Å². The molecule has 1 aliphatic rings. The van der Waals surface area contributed by atoms with E-state index >= 15 is 0 Å². The maximum atomic E-state index is 12.3. The van der Waals surface area contributed by atoms with Gasteiger partial charge in [0, 0.05) is 30.5 Å². The monoisotopic (exact) mass is 434 g/mol. The highest BCUT2D eigenvalue weighted by Crippen LogP contribution is 2.31. The van der Waals surface area contributed by atoms with E-state index in [0.29, 0.717) is 24.4 Å². The first-order valence-electron chi connectivity index (χ1n) is 9.25. The third-order valence-electron chi connectivity index (χ3n) is 4.75. The Morgan fingerprint density at radius 3 is 2.71 bits per heavy atom. The molecule has 1 aromatic carbocycles. The zero-order chi connectivity index (χ0) is 22.0. The van der Waals surface area contributed by atoms with Crippen molar-refractivity contribution < 1.29 is 27.2 Å². The van der Waals surface area contributed by atoms with Crippen LogP contribution in [0, 0.1) is 0 Å². The normalized spacial score (nSPS) is 19.4. The quantitative estimate of drug-likeness (QED) is 0.653. The van der Waals surface area contributed by atoms with Crippen molar-refractivity contribution in [1.29, 1.82) is 0 Å². The Kier molecular flexibility index (Phi) is 5.55. The van der Waals surface area contributed by atoms with E-state index in [-0.39, 0.29) is 35.3 Å². The smallest absolute Gasteiger partial charge is 0.406 e. The summed E-state index contributed by atoms with van der Waals surface area (Å²) in [6, 6.07) is 4.81. The van der Waals surface area contributed by atoms with Gasteiger partial charge in [-0.2, -0.15) is 4.98 Å². The Balaban J connectivity index is 1.41. The second-order valence-electron chi connectivity index (χ2n) is 6.98. The van der Waals surface area contributed by atoms with Crippen molar-refractivity contribution in [3.05, 3.63) is 54.4 Å². The average Bonchev–Trinajstić information content (AvgIpc) is 3.34. The van der Waals surface area contributed by atoms with Gasteiger partial charge in [0.05, 0.1) is 12.2 Å². The van der Waals surface area contributed by atoms with Crippen molar-refractivity contribution in [3.8, 4) is 17.1 Å². The topological polar surface area (TPSA) is 106 Å². The highest BCUT2D eigenvalue weighted by atomic mass is 19.4. The van der Waals surface area contributed by atoms with Gasteiger partial charge in [0.15, 0.2) is 0 Å². The molecule has 31 heavy (non-hydrogen) atoms. The van der Waals surface area contributed by atoms with Crippen LogP contribution in [-0.2, 0) is 0 Å². The lowest BCUT2D eigenvalue weighted by molar-refractivity contribution is -0.274. The SMILES string of the molecule is CN1CC(NC(=O)c2cnccn2)CC1c1nc(-c2ccc(OC(F)(F)F)cc2)no1. The summed E-state index contributed by atoms with van der Waals surface area (Å²) in [6.45, 7) is 0.567. The van der Waals surface area contributed by atoms with E-state index in [1.165, 1.54) is 42.9 Å². The molecule has 0 saturated carbocycles. The number of likely N-dealkylation sites (tertiary alicyclic amines) is 1. The van der Waals surface area contributed by atoms with Gasteiger partial charge in [0.1, 0.15) is 11.4 Å². The predicted molar refractivity (Wildman–Crippen MR) is 99.7 cm³/mol. The summed E-state index contributed by atoms with van der Waals surface area (Å²) in [7, 11) is 1.87. The van der Waals surface area contributed by atoms with E-state index in [2.05, 4.69) is 30.2 Å². The molecule has 4 rings (SSSR count). The first-order chi connectivity index (χ1) is 14.8. The number of alkyl halides is 3. The van der Waals surface area contributed by atoms with E-state index in [1.807, 2.05) is 11.9 Å². The fraction of sp³-hybridized carbons (Fsp3) is 0.316. The number of halogens is 3. The fourth-order valence-corrected chi connectivity index (χ4v) is 3.36. The van der Waals surface area contributed by atoms with Crippen LogP contribution in [0.2, 0.25) is 0 Å². The van der Waals surface area contributed by atoms with Crippen LogP contribution in [-0.4, -0.2) is 56.9 Å². The number of likely N-dealkylation sites (N-methyl/N-ethyl adjacent to an activating group) is 1. The third kappa shape index (κ3) is 4.97. The predicted octanol–water partition coefficient (Wildman–Crippen LogP) is 2.60. The third-order valence-corrected chi connectivity index (χ3v) is 4.75. The summed E-state index contributed by atoms with van der Waals surface area (Å²) in [6.07, 6.45) is 0.108. The molecule has 2 unspecified atom stereocenters. The summed E-state index contributed by atoms with van der Waals surface area (Å²) in [4.78, 5) is 26.5. The molecule has 1 amide bonds. The molecule has 1 aliphatic heterocycles. The lowest BCUT2D eigenvalue weighted by Gasteiger charge is -2.14. The standard InChI is InChI=1S/C19H17F3N6O3/c1-28-10-12(25-17(29)14-9-23-6-7-24-14)8-15(28)18-26-16(27-31-18)11-2-4-13(5-3-11)30-19(20,21)22/h2-7,9,12,15H,8,10H2,1H3,(H,25,29). The molecule has 3 aromatic rings. The molecule has 162 valence electrons. The van der Waals surface area contributed by atoms with Gasteiger partial charge in [0.25, 0.3) is 5.91 Å². The van der Waals surface area contributed by atoms with E-state index in [0.717, 1.165) is 0 Å². The number of carbonyl (C=O) groups is 1. The van der Waals surface area contributed by atoms with E-state index in [9.17, 15) is 18.0 Å². The molecule has 12 heteroatoms. The first kappa shape index (κ1) is 20.7. The molecule has 9 nitrogen and oxygen atoms in total. The molecule has 2 atom stereocenters. The Bertz CT molecular complexity index is 1040. The Morgan fingerprint density at radius 2 is 2.03 bits per heavy atom. The fourth-order valence-electron chi connectivity index (χ4n) is 3.36. The van der Waals surface area contributed by atoms with Gasteiger partial charge in [-0.15, -0.1) is 13.2 Å². The van der Waals surface area contributed by atoms with Gasteiger partial charge >= 0.3 is 6.36 Å². The molecule has 3 heterocycles. The Hall–Kier alpha value is -3.54. The van der Waals surface area contributed by atoms with Gasteiger partial charge in [-0.3, -0.25) is 14.7 Å². The van der Waals surface area contributed by atoms with Crippen LogP contribution < -0.4 is 10.1 Å². The Morgan fingerprint density at radius 1 is 1.26 bits per heavy atom. The van der Waals surface area contributed by atoms with Gasteiger partial charge in [-0.1, -0.05) is 5.16 Å². The van der Waals surface area contributed by atoms with Crippen LogP contribution in [0.15, 0.2) is 47.4 Å². The molecule has 0 bridgehead atoms. The van der Waals surface area contributed by atoms with Gasteiger partial charge in [-0.25, -0.2) is 4.98 Å². The van der Waals surface area contributed by atoms with Gasteiger partial charge in [0.2, 0.25) is 11.7 Å². The van der Waals surface area contributed by atoms with Crippen LogP contribution in [0.25, 0.3) is 11.4 Å². The number of nitrogens with zero attached hydrogens (tertiary/aromatic N) is 5. The number of amides is 1. The van der Waals surface area contributed by atoms with Crippen molar-refractivity contribution in [2.75, 3.05) is 13.6 Å². The van der Waals surface area contributed by atoms with Crippen molar-refractivity contribution in [2.45, 2.75) is 24.9 Å². The highest BCUT2D eigenvalue weighted by Gasteiger charge is 2.35. The second kappa shape index (κ2) is 8.30. The molecule has 0 spiro atoms. The summed E-state index contributed by atoms with van der Waals surface area (Å²) in [5.74, 6) is -0.0601. The number of ether oxygens (including phenoxy) is 1. The van der Waals surface area contributed by atoms with Gasteiger partial charge < -0.3 is 14.6 Å². The molecule has 0 radical (unpaired) electrons. The molecule has 1 saturated heterocycles. The minimum atomic E-state index is -4.76. The van der Waals surface area contributed by atoms with Crippen molar-refractivity contribution in [3.63, 3.8) is 0 Å². The zero-order valence-corrected chi connectivity index (χ0v) is 16.2. The minimum Gasteiger partial charge on any atom is -0.406 e. The second-order valence-corrected chi connectivity index (χ2v) is 6.98. The molecule has 0 aliphatic carbocycles. The number of carbonyl (C=O) groups excluding carboxylic acids is 1. The Labute approximate surface area is 174 Å². The number of benzene rings is 1. The molecule has 2 aromatic heterocycles. The minimum absolute atomic E-state index is 0.154. The van der Waals surface area contributed by atoms with Crippen LogP contribution in [0.4, 0.5) is 13.2 Å². The number of hydrogen-bond donors (Lipinski definition) is 1. The van der Waals surface area contributed by atoms with Crippen LogP contribution in [0.5, 0.6) is 5.75 Å². The number of rotatable bonds is 5. The van der Waals surface area contributed by atoms with Crippen LogP contribution in [0.1, 0.15) is 28.8 Å². The van der Waals surface area contributed by atoms with E-state index in [1.54, 1.807) is 0 Å². The van der Waals surface area contributed by atoms with E-state index in [4.69, 9.17) is 4.52 Å². The van der Waals surface area contributed by atoms with Crippen LogP contribution >= 0.6 is 0 Å². The summed E-state index contributed by atoms with van der Waals surface area (Å²) >= 11 is 0. The first-order valence-corrected chi connectivity index (χ1v) is 9.25. The molecular formula is C19H17F3N6O3. The average molecular weight is 434 g/mol. The largest absolute Gasteiger partial charge is 0.573 e. The molecular weight excluding hydrogens is 417 g/mol. The summed E-state index contributed by atoms with van der Waals surface area (Å²) < 4.78 is 46.1.